The van der Waals surface area contributed by atoms with E-state index in [-0.39, 0.29) is 11.9 Å². The molecule has 0 aromatic heterocycles. The van der Waals surface area contributed by atoms with E-state index in [1.54, 1.807) is 12.1 Å². The third kappa shape index (κ3) is 5.61. The van der Waals surface area contributed by atoms with Crippen LogP contribution >= 0.6 is 15.9 Å². The van der Waals surface area contributed by atoms with Crippen LogP contribution in [0.1, 0.15) is 24.0 Å². The Kier molecular flexibility index (Phi) is 7.05. The fraction of sp³-hybridized carbons (Fsp3) is 0.458. The minimum atomic E-state index is -0.213. The second kappa shape index (κ2) is 9.92. The number of amides is 1. The van der Waals surface area contributed by atoms with Gasteiger partial charge in [0.05, 0.1) is 6.61 Å². The van der Waals surface area contributed by atoms with Crippen molar-refractivity contribution >= 4 is 22.0 Å². The molecule has 0 spiro atoms. The zero-order chi connectivity index (χ0) is 20.9. The van der Waals surface area contributed by atoms with Gasteiger partial charge in [-0.2, -0.15) is 0 Å². The Morgan fingerprint density at radius 3 is 2.60 bits per heavy atom. The van der Waals surface area contributed by atoms with Crippen LogP contribution in [0.5, 0.6) is 0 Å². The van der Waals surface area contributed by atoms with Crippen molar-refractivity contribution in [2.75, 3.05) is 32.8 Å². The fourth-order valence-corrected chi connectivity index (χ4v) is 4.92. The van der Waals surface area contributed by atoms with E-state index in [9.17, 15) is 9.18 Å². The van der Waals surface area contributed by atoms with E-state index < -0.39 is 0 Å². The number of halogens is 2. The SMILES string of the molecule is O=C1OCC(CN2CCC(Cc3cc(F)ccc3Br)CC2)CN1Cc1ccccc1. The number of ether oxygens (including phenoxy) is 1. The first kappa shape index (κ1) is 21.3. The summed E-state index contributed by atoms with van der Waals surface area (Å²) < 4.78 is 20.0. The van der Waals surface area contributed by atoms with Crippen molar-refractivity contribution in [1.29, 1.82) is 0 Å². The van der Waals surface area contributed by atoms with Crippen molar-refractivity contribution in [3.63, 3.8) is 0 Å². The van der Waals surface area contributed by atoms with Crippen LogP contribution in [0.25, 0.3) is 0 Å². The molecule has 2 aliphatic heterocycles. The molecule has 1 unspecified atom stereocenters. The Morgan fingerprint density at radius 1 is 1.07 bits per heavy atom. The fourth-order valence-electron chi connectivity index (χ4n) is 4.51. The summed E-state index contributed by atoms with van der Waals surface area (Å²) in [6, 6.07) is 15.0. The van der Waals surface area contributed by atoms with Crippen molar-refractivity contribution in [3.8, 4) is 0 Å². The highest BCUT2D eigenvalue weighted by Crippen LogP contribution is 2.27. The van der Waals surface area contributed by atoms with Crippen LogP contribution in [0.15, 0.2) is 53.0 Å². The lowest BCUT2D eigenvalue weighted by molar-refractivity contribution is 0.0242. The first-order chi connectivity index (χ1) is 14.6. The zero-order valence-electron chi connectivity index (χ0n) is 17.1. The molecule has 2 aliphatic rings. The molecule has 2 aromatic carbocycles. The van der Waals surface area contributed by atoms with Crippen LogP contribution in [0.3, 0.4) is 0 Å². The molecular weight excluding hydrogens is 447 g/mol. The quantitative estimate of drug-likeness (QED) is 0.582. The average molecular weight is 475 g/mol. The molecule has 4 rings (SSSR count). The lowest BCUT2D eigenvalue weighted by Crippen LogP contribution is -2.47. The van der Waals surface area contributed by atoms with Crippen LogP contribution in [-0.2, 0) is 17.7 Å². The molecule has 4 nitrogen and oxygen atoms in total. The van der Waals surface area contributed by atoms with E-state index in [4.69, 9.17) is 4.74 Å². The number of piperidine rings is 1. The maximum absolute atomic E-state index is 13.6. The normalized spacial score (nSPS) is 20.9. The first-order valence-electron chi connectivity index (χ1n) is 10.7. The van der Waals surface area contributed by atoms with Crippen molar-refractivity contribution in [2.24, 2.45) is 11.8 Å². The summed E-state index contributed by atoms with van der Waals surface area (Å²) in [4.78, 5) is 16.5. The Hall–Kier alpha value is -1.92. The maximum Gasteiger partial charge on any atom is 0.410 e. The van der Waals surface area contributed by atoms with Crippen LogP contribution in [0, 0.1) is 17.7 Å². The van der Waals surface area contributed by atoms with Gasteiger partial charge in [-0.3, -0.25) is 0 Å². The highest BCUT2D eigenvalue weighted by Gasteiger charge is 2.30. The Morgan fingerprint density at radius 2 is 1.83 bits per heavy atom. The van der Waals surface area contributed by atoms with Crippen LogP contribution in [0.4, 0.5) is 9.18 Å². The zero-order valence-corrected chi connectivity index (χ0v) is 18.7. The summed E-state index contributed by atoms with van der Waals surface area (Å²) in [5.41, 5.74) is 2.18. The summed E-state index contributed by atoms with van der Waals surface area (Å²) in [7, 11) is 0. The minimum absolute atomic E-state index is 0.169. The van der Waals surface area contributed by atoms with E-state index in [0.717, 1.165) is 61.0 Å². The second-order valence-electron chi connectivity index (χ2n) is 8.49. The smallest absolute Gasteiger partial charge is 0.410 e. The van der Waals surface area contributed by atoms with Crippen LogP contribution < -0.4 is 0 Å². The number of nitrogens with zero attached hydrogens (tertiary/aromatic N) is 2. The van der Waals surface area contributed by atoms with E-state index >= 15 is 0 Å². The molecule has 6 heteroatoms. The number of cyclic esters (lactones) is 1. The molecule has 2 saturated heterocycles. The molecule has 1 atom stereocenters. The molecule has 2 fully saturated rings. The van der Waals surface area contributed by atoms with Gasteiger partial charge in [-0.1, -0.05) is 46.3 Å². The number of hydrogen-bond acceptors (Lipinski definition) is 3. The van der Waals surface area contributed by atoms with Gasteiger partial charge in [-0.15, -0.1) is 0 Å². The van der Waals surface area contributed by atoms with E-state index in [2.05, 4.69) is 20.8 Å². The number of carbonyl (C=O) groups is 1. The largest absolute Gasteiger partial charge is 0.449 e. The van der Waals surface area contributed by atoms with Gasteiger partial charge in [0.15, 0.2) is 0 Å². The van der Waals surface area contributed by atoms with Crippen molar-refractivity contribution in [2.45, 2.75) is 25.8 Å². The standard InChI is InChI=1S/C24H28BrFN2O2/c25-23-7-6-22(26)13-21(23)12-18-8-10-27(11-9-18)14-20-16-28(24(29)30-17-20)15-19-4-2-1-3-5-19/h1-7,13,18,20H,8-12,14-17H2. The highest BCUT2D eigenvalue weighted by molar-refractivity contribution is 9.10. The second-order valence-corrected chi connectivity index (χ2v) is 9.35. The molecule has 0 radical (unpaired) electrons. The predicted molar refractivity (Wildman–Crippen MR) is 119 cm³/mol. The van der Waals surface area contributed by atoms with Gasteiger partial charge in [-0.05, 0) is 67.6 Å². The number of hydrogen-bond donors (Lipinski definition) is 0. The van der Waals surface area contributed by atoms with E-state index in [1.165, 1.54) is 6.07 Å². The van der Waals surface area contributed by atoms with Gasteiger partial charge < -0.3 is 14.5 Å². The summed E-state index contributed by atoms with van der Waals surface area (Å²) >= 11 is 3.55. The molecule has 2 heterocycles. The third-order valence-electron chi connectivity index (χ3n) is 6.14. The molecule has 0 N–H and O–H groups in total. The monoisotopic (exact) mass is 474 g/mol. The molecular formula is C24H28BrFN2O2. The van der Waals surface area contributed by atoms with Crippen molar-refractivity contribution < 1.29 is 13.9 Å². The van der Waals surface area contributed by atoms with Gasteiger partial charge in [0.25, 0.3) is 0 Å². The molecule has 2 aromatic rings. The summed E-state index contributed by atoms with van der Waals surface area (Å²) in [6.07, 6.45) is 2.93. The van der Waals surface area contributed by atoms with Crippen LogP contribution in [-0.4, -0.2) is 48.7 Å². The van der Waals surface area contributed by atoms with E-state index in [1.807, 2.05) is 35.2 Å². The first-order valence-corrected chi connectivity index (χ1v) is 11.5. The highest BCUT2D eigenvalue weighted by atomic mass is 79.9. The van der Waals surface area contributed by atoms with Gasteiger partial charge >= 0.3 is 6.09 Å². The molecule has 0 bridgehead atoms. The van der Waals surface area contributed by atoms with Gasteiger partial charge in [0, 0.05) is 30.0 Å². The van der Waals surface area contributed by atoms with E-state index in [0.29, 0.717) is 25.0 Å². The Labute approximate surface area is 186 Å². The van der Waals surface area contributed by atoms with Gasteiger partial charge in [-0.25, -0.2) is 9.18 Å². The maximum atomic E-state index is 13.6. The van der Waals surface area contributed by atoms with Crippen molar-refractivity contribution in [3.05, 3.63) is 69.9 Å². The molecule has 0 aliphatic carbocycles. The summed E-state index contributed by atoms with van der Waals surface area (Å²) in [6.45, 7) is 4.88. The average Bonchev–Trinajstić information content (AvgIpc) is 2.75. The number of benzene rings is 2. The van der Waals surface area contributed by atoms with Gasteiger partial charge in [0.1, 0.15) is 5.82 Å². The third-order valence-corrected chi connectivity index (χ3v) is 6.91. The number of likely N-dealkylation sites (tertiary alicyclic amines) is 1. The Bertz CT molecular complexity index is 856. The van der Waals surface area contributed by atoms with Crippen LogP contribution in [0.2, 0.25) is 0 Å². The summed E-state index contributed by atoms with van der Waals surface area (Å²) in [5, 5.41) is 0. The summed E-state index contributed by atoms with van der Waals surface area (Å²) in [5.74, 6) is 0.746. The lowest BCUT2D eigenvalue weighted by Gasteiger charge is -2.38. The predicted octanol–water partition coefficient (Wildman–Crippen LogP) is 5.11. The lowest BCUT2D eigenvalue weighted by atomic mass is 9.89. The van der Waals surface area contributed by atoms with Crippen molar-refractivity contribution in [1.82, 2.24) is 9.80 Å². The molecule has 160 valence electrons. The van der Waals surface area contributed by atoms with Gasteiger partial charge in [0.2, 0.25) is 0 Å². The molecule has 0 saturated carbocycles. The Balaban J connectivity index is 1.25. The molecule has 1 amide bonds. The molecule has 30 heavy (non-hydrogen) atoms. The number of carbonyl (C=O) groups excluding carboxylic acids is 1. The minimum Gasteiger partial charge on any atom is -0.449 e. The number of rotatable bonds is 6. The topological polar surface area (TPSA) is 32.8 Å².